The first-order valence-corrected chi connectivity index (χ1v) is 12.0. The first-order chi connectivity index (χ1) is 15.4. The number of carbonyl (C=O) groups is 3. The van der Waals surface area contributed by atoms with Crippen LogP contribution in [-0.4, -0.2) is 28.5 Å². The Kier molecular flexibility index (Phi) is 7.00. The van der Waals surface area contributed by atoms with Gasteiger partial charge in [0.25, 0.3) is 11.1 Å². The lowest BCUT2D eigenvalue weighted by Crippen LogP contribution is -2.36. The molecule has 0 aliphatic carbocycles. The van der Waals surface area contributed by atoms with Crippen molar-refractivity contribution in [3.63, 3.8) is 0 Å². The van der Waals surface area contributed by atoms with Gasteiger partial charge in [0.1, 0.15) is 12.4 Å². The van der Waals surface area contributed by atoms with Crippen LogP contribution in [0.25, 0.3) is 6.08 Å². The Labute approximate surface area is 200 Å². The number of halogens is 2. The zero-order valence-electron chi connectivity index (χ0n) is 16.2. The van der Waals surface area contributed by atoms with E-state index < -0.39 is 29.4 Å². The Morgan fingerprint density at radius 1 is 1.06 bits per heavy atom. The Hall–Kier alpha value is -2.59. The maximum Gasteiger partial charge on any atom is 0.294 e. The zero-order valence-corrected chi connectivity index (χ0v) is 19.4. The topological polar surface area (TPSA) is 66.5 Å². The maximum absolute atomic E-state index is 13.0. The molecule has 3 aromatic rings. The molecule has 1 N–H and O–H groups in total. The Morgan fingerprint density at radius 3 is 2.50 bits per heavy atom. The van der Waals surface area contributed by atoms with Crippen LogP contribution < -0.4 is 5.32 Å². The van der Waals surface area contributed by atoms with Crippen LogP contribution in [0.15, 0.2) is 74.7 Å². The fourth-order valence-electron chi connectivity index (χ4n) is 2.73. The van der Waals surface area contributed by atoms with Gasteiger partial charge >= 0.3 is 0 Å². The summed E-state index contributed by atoms with van der Waals surface area (Å²) >= 11 is 9.77. The minimum Gasteiger partial charge on any atom is -0.325 e. The number of carbonyl (C=O) groups excluding carboxylic acids is 3. The summed E-state index contributed by atoms with van der Waals surface area (Å²) in [6, 6.07) is 16.5. The van der Waals surface area contributed by atoms with E-state index >= 15 is 0 Å². The highest BCUT2D eigenvalue weighted by atomic mass is 35.5. The van der Waals surface area contributed by atoms with Gasteiger partial charge in [-0.15, -0.1) is 11.3 Å². The average Bonchev–Trinajstić information content (AvgIpc) is 3.31. The van der Waals surface area contributed by atoms with Gasteiger partial charge in [0.05, 0.1) is 9.11 Å². The van der Waals surface area contributed by atoms with Gasteiger partial charge in [-0.1, -0.05) is 23.4 Å². The molecule has 1 saturated heterocycles. The number of hydrogen-bond acceptors (Lipinski definition) is 6. The number of thioether (sulfide) groups is 1. The SMILES string of the molecule is O=C(CN1C(=O)S/C(=C\c2ccc(Sc3ccc(Cl)cc3)s2)C1=O)Nc1ccc(F)cc1. The van der Waals surface area contributed by atoms with E-state index in [0.29, 0.717) is 10.7 Å². The van der Waals surface area contributed by atoms with E-state index in [1.165, 1.54) is 35.6 Å². The Bertz CT molecular complexity index is 1210. The molecule has 1 aromatic heterocycles. The number of hydrogen-bond donors (Lipinski definition) is 1. The van der Waals surface area contributed by atoms with Crippen molar-refractivity contribution in [1.29, 1.82) is 0 Å². The fourth-order valence-corrected chi connectivity index (χ4v) is 5.82. The minimum atomic E-state index is -0.544. The number of nitrogens with one attached hydrogen (secondary N) is 1. The molecule has 1 aliphatic rings. The summed E-state index contributed by atoms with van der Waals surface area (Å²) in [4.78, 5) is 40.2. The molecular formula is C22H14ClFN2O3S3. The van der Waals surface area contributed by atoms with Crippen LogP contribution in [0.5, 0.6) is 0 Å². The second-order valence-corrected chi connectivity index (χ2v) is 10.5. The van der Waals surface area contributed by atoms with Crippen LogP contribution in [0.4, 0.5) is 14.9 Å². The molecule has 1 aliphatic heterocycles. The Morgan fingerprint density at radius 2 is 1.78 bits per heavy atom. The lowest BCUT2D eigenvalue weighted by molar-refractivity contribution is -0.127. The van der Waals surface area contributed by atoms with Gasteiger partial charge in [-0.2, -0.15) is 0 Å². The third kappa shape index (κ3) is 5.60. The van der Waals surface area contributed by atoms with E-state index in [1.807, 2.05) is 36.4 Å². The van der Waals surface area contributed by atoms with Crippen molar-refractivity contribution in [2.75, 3.05) is 11.9 Å². The maximum atomic E-state index is 13.0. The summed E-state index contributed by atoms with van der Waals surface area (Å²) in [5.74, 6) is -1.49. The summed E-state index contributed by atoms with van der Waals surface area (Å²) < 4.78 is 14.0. The van der Waals surface area contributed by atoms with Gasteiger partial charge in [0.2, 0.25) is 5.91 Å². The van der Waals surface area contributed by atoms with Crippen LogP contribution in [0, 0.1) is 5.82 Å². The number of amides is 3. The van der Waals surface area contributed by atoms with E-state index in [9.17, 15) is 18.8 Å². The molecule has 3 amide bonds. The summed E-state index contributed by atoms with van der Waals surface area (Å²) in [7, 11) is 0. The number of anilines is 1. The molecule has 0 saturated carbocycles. The van der Waals surface area contributed by atoms with E-state index in [4.69, 9.17) is 11.6 Å². The van der Waals surface area contributed by atoms with Crippen molar-refractivity contribution in [2.45, 2.75) is 9.10 Å². The zero-order chi connectivity index (χ0) is 22.7. The van der Waals surface area contributed by atoms with Crippen molar-refractivity contribution < 1.29 is 18.8 Å². The highest BCUT2D eigenvalue weighted by Crippen LogP contribution is 2.37. The average molecular weight is 505 g/mol. The third-order valence-electron chi connectivity index (χ3n) is 4.21. The molecule has 2 heterocycles. The molecule has 5 nitrogen and oxygen atoms in total. The number of imide groups is 1. The van der Waals surface area contributed by atoms with Crippen molar-refractivity contribution in [3.05, 3.63) is 81.3 Å². The summed E-state index contributed by atoms with van der Waals surface area (Å²) in [5, 5.41) is 2.70. The molecule has 0 bridgehead atoms. The predicted octanol–water partition coefficient (Wildman–Crippen LogP) is 6.37. The molecule has 2 aromatic carbocycles. The lowest BCUT2D eigenvalue weighted by Gasteiger charge is -2.12. The highest BCUT2D eigenvalue weighted by Gasteiger charge is 2.36. The lowest BCUT2D eigenvalue weighted by atomic mass is 10.3. The van der Waals surface area contributed by atoms with Crippen LogP contribution >= 0.6 is 46.5 Å². The van der Waals surface area contributed by atoms with Gasteiger partial charge in [-0.05, 0) is 78.5 Å². The molecular weight excluding hydrogens is 491 g/mol. The standard InChI is InChI=1S/C22H14ClFN2O3S3/c23-13-1-7-16(8-2-13)30-20-10-9-17(31-20)11-18-21(28)26(22(29)32-18)12-19(27)25-15-5-3-14(24)4-6-15/h1-11H,12H2,(H,25,27)/b18-11-. The molecule has 32 heavy (non-hydrogen) atoms. The number of thiophene rings is 1. The number of nitrogens with zero attached hydrogens (tertiary/aromatic N) is 1. The third-order valence-corrected chi connectivity index (χ3v) is 7.54. The van der Waals surface area contributed by atoms with Gasteiger partial charge < -0.3 is 5.32 Å². The smallest absolute Gasteiger partial charge is 0.294 e. The van der Waals surface area contributed by atoms with E-state index in [1.54, 1.807) is 17.8 Å². The quantitative estimate of drug-likeness (QED) is 0.395. The van der Waals surface area contributed by atoms with Gasteiger partial charge in [-0.3, -0.25) is 19.3 Å². The molecule has 162 valence electrons. The van der Waals surface area contributed by atoms with E-state index in [-0.39, 0.29) is 4.91 Å². The van der Waals surface area contributed by atoms with Crippen molar-refractivity contribution in [3.8, 4) is 0 Å². The second kappa shape index (κ2) is 9.91. The summed E-state index contributed by atoms with van der Waals surface area (Å²) in [5.41, 5.74) is 0.378. The Balaban J connectivity index is 1.39. The van der Waals surface area contributed by atoms with E-state index in [2.05, 4.69) is 5.32 Å². The number of benzene rings is 2. The molecule has 4 rings (SSSR count). The van der Waals surface area contributed by atoms with E-state index in [0.717, 1.165) is 30.6 Å². The first kappa shape index (κ1) is 22.6. The highest BCUT2D eigenvalue weighted by molar-refractivity contribution is 8.18. The fraction of sp³-hybridized carbons (Fsp3) is 0.0455. The second-order valence-electron chi connectivity index (χ2n) is 6.54. The molecule has 1 fully saturated rings. The van der Waals surface area contributed by atoms with Crippen molar-refractivity contribution in [2.24, 2.45) is 0 Å². The summed E-state index contributed by atoms with van der Waals surface area (Å²) in [6.45, 7) is -0.415. The van der Waals surface area contributed by atoms with Crippen LogP contribution in [-0.2, 0) is 9.59 Å². The monoisotopic (exact) mass is 504 g/mol. The predicted molar refractivity (Wildman–Crippen MR) is 128 cm³/mol. The largest absolute Gasteiger partial charge is 0.325 e. The number of rotatable bonds is 6. The molecule has 0 atom stereocenters. The molecule has 0 radical (unpaired) electrons. The van der Waals surface area contributed by atoms with Gasteiger partial charge in [0, 0.05) is 20.5 Å². The van der Waals surface area contributed by atoms with Gasteiger partial charge in [0.15, 0.2) is 0 Å². The van der Waals surface area contributed by atoms with Crippen LogP contribution in [0.2, 0.25) is 5.02 Å². The van der Waals surface area contributed by atoms with Crippen molar-refractivity contribution >= 4 is 75.3 Å². The van der Waals surface area contributed by atoms with Crippen molar-refractivity contribution in [1.82, 2.24) is 4.90 Å². The molecule has 0 spiro atoms. The minimum absolute atomic E-state index is 0.259. The van der Waals surface area contributed by atoms with Crippen LogP contribution in [0.1, 0.15) is 4.88 Å². The summed E-state index contributed by atoms with van der Waals surface area (Å²) in [6.07, 6.45) is 1.65. The molecule has 10 heteroatoms. The van der Waals surface area contributed by atoms with Crippen LogP contribution in [0.3, 0.4) is 0 Å². The normalized spacial score (nSPS) is 14.9. The first-order valence-electron chi connectivity index (χ1n) is 9.21. The van der Waals surface area contributed by atoms with Gasteiger partial charge in [-0.25, -0.2) is 4.39 Å². The molecule has 0 unspecified atom stereocenters.